The van der Waals surface area contributed by atoms with E-state index in [1.807, 2.05) is 18.5 Å². The summed E-state index contributed by atoms with van der Waals surface area (Å²) in [5.41, 5.74) is 1.26. The van der Waals surface area contributed by atoms with Crippen LogP contribution in [0, 0.1) is 6.92 Å². The van der Waals surface area contributed by atoms with Gasteiger partial charge in [0.15, 0.2) is 5.16 Å². The third kappa shape index (κ3) is 5.56. The molecule has 7 heteroatoms. The Morgan fingerprint density at radius 1 is 1.25 bits per heavy atom. The van der Waals surface area contributed by atoms with Crippen LogP contribution in [0.5, 0.6) is 0 Å². The molecule has 1 aromatic carbocycles. The van der Waals surface area contributed by atoms with Crippen molar-refractivity contribution in [2.75, 3.05) is 5.75 Å². The first kappa shape index (κ1) is 18.9. The number of aryl methyl sites for hydroxylation is 1. The largest absolute Gasteiger partial charge is 0.353 e. The number of thioether (sulfide) groups is 2. The Balaban J connectivity index is 1.86. The van der Waals surface area contributed by atoms with Crippen LogP contribution < -0.4 is 5.32 Å². The van der Waals surface area contributed by atoms with Crippen molar-refractivity contribution in [1.82, 2.24) is 20.1 Å². The second-order valence-electron chi connectivity index (χ2n) is 5.73. The number of nitrogens with one attached hydrogen (secondary N) is 1. The molecule has 2 rings (SSSR count). The zero-order chi connectivity index (χ0) is 17.5. The summed E-state index contributed by atoms with van der Waals surface area (Å²) >= 11 is 3.15. The highest BCUT2D eigenvalue weighted by Crippen LogP contribution is 2.24. The number of carbonyl (C=O) groups excluding carboxylic acids is 1. The van der Waals surface area contributed by atoms with Crippen LogP contribution in [-0.2, 0) is 17.6 Å². The van der Waals surface area contributed by atoms with Crippen molar-refractivity contribution in [3.8, 4) is 0 Å². The molecule has 0 saturated heterocycles. The number of hydrogen-bond donors (Lipinski definition) is 1. The van der Waals surface area contributed by atoms with Crippen LogP contribution in [0.1, 0.15) is 31.7 Å². The van der Waals surface area contributed by atoms with Crippen LogP contribution >= 0.6 is 23.5 Å². The smallest absolute Gasteiger partial charge is 0.230 e. The van der Waals surface area contributed by atoms with E-state index in [0.29, 0.717) is 5.75 Å². The van der Waals surface area contributed by atoms with Crippen LogP contribution in [0.2, 0.25) is 0 Å². The number of rotatable bonds is 8. The number of carbonyl (C=O) groups is 1. The van der Waals surface area contributed by atoms with E-state index < -0.39 is 0 Å². The molecule has 1 unspecified atom stereocenters. The number of benzene rings is 1. The molecule has 1 aromatic heterocycles. The van der Waals surface area contributed by atoms with E-state index in [0.717, 1.165) is 23.2 Å². The van der Waals surface area contributed by atoms with E-state index in [9.17, 15) is 4.79 Å². The molecule has 0 saturated carbocycles. The van der Waals surface area contributed by atoms with Gasteiger partial charge in [-0.2, -0.15) is 0 Å². The van der Waals surface area contributed by atoms with Gasteiger partial charge in [-0.3, -0.25) is 4.79 Å². The van der Waals surface area contributed by atoms with Gasteiger partial charge in [-0.05, 0) is 32.4 Å². The molecule has 2 aromatic rings. The molecular formula is C17H24N4OS2. The lowest BCUT2D eigenvalue weighted by Crippen LogP contribution is -2.33. The first-order chi connectivity index (χ1) is 11.5. The van der Waals surface area contributed by atoms with E-state index >= 15 is 0 Å². The predicted molar refractivity (Wildman–Crippen MR) is 100 cm³/mol. The maximum Gasteiger partial charge on any atom is 0.230 e. The summed E-state index contributed by atoms with van der Waals surface area (Å²) in [5, 5.41) is 12.2. The maximum absolute atomic E-state index is 11.8. The van der Waals surface area contributed by atoms with Gasteiger partial charge < -0.3 is 9.88 Å². The highest BCUT2D eigenvalue weighted by Gasteiger charge is 2.12. The summed E-state index contributed by atoms with van der Waals surface area (Å²) in [6.07, 6.45) is 0.931. The van der Waals surface area contributed by atoms with E-state index in [1.165, 1.54) is 22.2 Å². The van der Waals surface area contributed by atoms with E-state index in [2.05, 4.69) is 53.6 Å². The van der Waals surface area contributed by atoms with Crippen molar-refractivity contribution in [3.05, 3.63) is 35.7 Å². The Morgan fingerprint density at radius 2 is 1.96 bits per heavy atom. The van der Waals surface area contributed by atoms with Crippen molar-refractivity contribution in [1.29, 1.82) is 0 Å². The quantitative estimate of drug-likeness (QED) is 0.727. The monoisotopic (exact) mass is 364 g/mol. The fraction of sp³-hybridized carbons (Fsp3) is 0.471. The molecule has 0 radical (unpaired) electrons. The molecule has 0 aliphatic heterocycles. The van der Waals surface area contributed by atoms with Crippen LogP contribution in [0.25, 0.3) is 0 Å². The molecule has 1 N–H and O–H groups in total. The summed E-state index contributed by atoms with van der Waals surface area (Å²) in [6, 6.07) is 8.65. The topological polar surface area (TPSA) is 59.8 Å². The van der Waals surface area contributed by atoms with Crippen LogP contribution in [0.4, 0.5) is 0 Å². The zero-order valence-corrected chi connectivity index (χ0v) is 16.2. The maximum atomic E-state index is 11.8. The van der Waals surface area contributed by atoms with Crippen molar-refractivity contribution in [3.63, 3.8) is 0 Å². The van der Waals surface area contributed by atoms with Gasteiger partial charge in [0.2, 0.25) is 5.91 Å². The molecule has 0 fully saturated rings. The minimum absolute atomic E-state index is 0.0351. The molecule has 0 aliphatic carbocycles. The summed E-state index contributed by atoms with van der Waals surface area (Å²) in [5.74, 6) is 2.06. The van der Waals surface area contributed by atoms with Crippen LogP contribution in [0.15, 0.2) is 34.3 Å². The summed E-state index contributed by atoms with van der Waals surface area (Å²) < 4.78 is 1.96. The van der Waals surface area contributed by atoms with Gasteiger partial charge >= 0.3 is 0 Å². The second kappa shape index (κ2) is 9.13. The summed E-state index contributed by atoms with van der Waals surface area (Å²) in [6.45, 7) is 6.14. The molecule has 5 nitrogen and oxygen atoms in total. The third-order valence-corrected chi connectivity index (χ3v) is 5.69. The van der Waals surface area contributed by atoms with Gasteiger partial charge in [-0.25, -0.2) is 0 Å². The van der Waals surface area contributed by atoms with Crippen molar-refractivity contribution >= 4 is 29.4 Å². The highest BCUT2D eigenvalue weighted by atomic mass is 32.2. The first-order valence-electron chi connectivity index (χ1n) is 7.99. The fourth-order valence-electron chi connectivity index (χ4n) is 1.93. The average molecular weight is 365 g/mol. The Bertz CT molecular complexity index is 670. The minimum Gasteiger partial charge on any atom is -0.353 e. The lowest BCUT2D eigenvalue weighted by molar-refractivity contribution is -0.119. The Kier molecular flexibility index (Phi) is 7.17. The molecule has 130 valence electrons. The zero-order valence-electron chi connectivity index (χ0n) is 14.6. The summed E-state index contributed by atoms with van der Waals surface area (Å²) in [4.78, 5) is 13.1. The van der Waals surface area contributed by atoms with E-state index in [4.69, 9.17) is 0 Å². The van der Waals surface area contributed by atoms with Gasteiger partial charge in [0, 0.05) is 18.0 Å². The van der Waals surface area contributed by atoms with Crippen LogP contribution in [0.3, 0.4) is 0 Å². The molecule has 24 heavy (non-hydrogen) atoms. The molecule has 0 bridgehead atoms. The Hall–Kier alpha value is -1.47. The number of hydrogen-bond acceptors (Lipinski definition) is 5. The van der Waals surface area contributed by atoms with Crippen molar-refractivity contribution in [2.24, 2.45) is 7.05 Å². The van der Waals surface area contributed by atoms with Gasteiger partial charge in [-0.15, -0.1) is 22.0 Å². The molecule has 0 aliphatic rings. The number of nitrogens with zero attached hydrogens (tertiary/aromatic N) is 3. The normalized spacial score (nSPS) is 12.2. The van der Waals surface area contributed by atoms with Crippen molar-refractivity contribution in [2.45, 2.75) is 49.0 Å². The lowest BCUT2D eigenvalue weighted by atomic mass is 10.2. The lowest BCUT2D eigenvalue weighted by Gasteiger charge is -2.10. The standard InChI is InChI=1S/C17H24N4OS2/c1-5-13(3)18-16(22)11-24-17-20-19-15(21(17)4)10-23-14-8-6-12(2)7-9-14/h6-9,13H,5,10-11H2,1-4H3,(H,18,22). The molecule has 1 atom stereocenters. The van der Waals surface area contributed by atoms with Gasteiger partial charge in [0.25, 0.3) is 0 Å². The molecule has 1 heterocycles. The van der Waals surface area contributed by atoms with E-state index in [-0.39, 0.29) is 11.9 Å². The third-order valence-electron chi connectivity index (χ3n) is 3.67. The Labute approximate surface area is 152 Å². The van der Waals surface area contributed by atoms with Gasteiger partial charge in [-0.1, -0.05) is 36.4 Å². The second-order valence-corrected chi connectivity index (χ2v) is 7.72. The van der Waals surface area contributed by atoms with Crippen molar-refractivity contribution < 1.29 is 4.79 Å². The molecule has 0 spiro atoms. The number of aromatic nitrogens is 3. The first-order valence-corrected chi connectivity index (χ1v) is 9.96. The van der Waals surface area contributed by atoms with E-state index in [1.54, 1.807) is 11.8 Å². The predicted octanol–water partition coefficient (Wildman–Crippen LogP) is 3.42. The van der Waals surface area contributed by atoms with Gasteiger partial charge in [0.05, 0.1) is 11.5 Å². The van der Waals surface area contributed by atoms with Gasteiger partial charge in [0.1, 0.15) is 5.82 Å². The molecular weight excluding hydrogens is 340 g/mol. The van der Waals surface area contributed by atoms with Crippen LogP contribution in [-0.4, -0.2) is 32.5 Å². The summed E-state index contributed by atoms with van der Waals surface area (Å²) in [7, 11) is 1.94. The minimum atomic E-state index is 0.0351. The fourth-order valence-corrected chi connectivity index (χ4v) is 3.54. The SMILES string of the molecule is CCC(C)NC(=O)CSc1nnc(CSc2ccc(C)cc2)n1C. The Morgan fingerprint density at radius 3 is 2.62 bits per heavy atom. The molecule has 1 amide bonds. The number of amides is 1. The average Bonchev–Trinajstić information content (AvgIpc) is 2.92. The highest BCUT2D eigenvalue weighted by molar-refractivity contribution is 7.99.